The second-order valence-corrected chi connectivity index (χ2v) is 8.43. The van der Waals surface area contributed by atoms with Gasteiger partial charge in [0.15, 0.2) is 17.3 Å². The Hall–Kier alpha value is -3.53. The van der Waals surface area contributed by atoms with Crippen LogP contribution in [-0.4, -0.2) is 46.3 Å². The van der Waals surface area contributed by atoms with Crippen LogP contribution in [0.3, 0.4) is 0 Å². The minimum atomic E-state index is -0.317. The van der Waals surface area contributed by atoms with Crippen molar-refractivity contribution in [3.05, 3.63) is 65.2 Å². The van der Waals surface area contributed by atoms with Crippen LogP contribution < -0.4 is 15.2 Å². The van der Waals surface area contributed by atoms with Crippen molar-refractivity contribution in [2.24, 2.45) is 11.7 Å². The summed E-state index contributed by atoms with van der Waals surface area (Å²) in [6.45, 7) is 0.962. The lowest BCUT2D eigenvalue weighted by Gasteiger charge is -2.30. The van der Waals surface area contributed by atoms with Gasteiger partial charge in [-0.05, 0) is 48.7 Å². The number of carbonyl (C=O) groups is 2. The minimum absolute atomic E-state index is 0.139. The lowest BCUT2D eigenvalue weighted by atomic mass is 9.96. The summed E-state index contributed by atoms with van der Waals surface area (Å²) >= 11 is 1.10. The number of piperidine rings is 1. The second kappa shape index (κ2) is 9.95. The van der Waals surface area contributed by atoms with E-state index in [1.54, 1.807) is 35.2 Å². The number of benzene rings is 2. The molecule has 2 heterocycles. The number of halogens is 1. The fourth-order valence-corrected chi connectivity index (χ4v) is 4.23. The number of amides is 2. The second-order valence-electron chi connectivity index (χ2n) is 7.72. The Kier molecular flexibility index (Phi) is 6.83. The lowest BCUT2D eigenvalue weighted by molar-refractivity contribution is -0.123. The molecule has 2 amide bonds. The number of hydrogen-bond acceptors (Lipinski definition) is 7. The van der Waals surface area contributed by atoms with Crippen LogP contribution >= 0.6 is 11.5 Å². The molecule has 0 radical (unpaired) electrons. The third-order valence-corrected chi connectivity index (χ3v) is 6.15. The maximum absolute atomic E-state index is 13.1. The molecule has 1 aliphatic heterocycles. The molecule has 1 aromatic heterocycles. The van der Waals surface area contributed by atoms with Crippen molar-refractivity contribution in [1.29, 1.82) is 0 Å². The Balaban J connectivity index is 1.42. The van der Waals surface area contributed by atoms with Crippen molar-refractivity contribution in [1.82, 2.24) is 14.3 Å². The van der Waals surface area contributed by atoms with Gasteiger partial charge >= 0.3 is 0 Å². The molecule has 172 valence electrons. The van der Waals surface area contributed by atoms with Crippen molar-refractivity contribution < 1.29 is 23.5 Å². The Bertz CT molecular complexity index is 1140. The van der Waals surface area contributed by atoms with Gasteiger partial charge in [0, 0.05) is 42.5 Å². The van der Waals surface area contributed by atoms with Crippen LogP contribution in [0.15, 0.2) is 42.5 Å². The summed E-state index contributed by atoms with van der Waals surface area (Å²) in [6.07, 6.45) is 1.59. The molecule has 8 nitrogen and oxygen atoms in total. The molecule has 0 unspecified atom stereocenters. The maximum atomic E-state index is 13.1. The van der Waals surface area contributed by atoms with Gasteiger partial charge in [-0.3, -0.25) is 9.59 Å². The average molecular weight is 471 g/mol. The van der Waals surface area contributed by atoms with E-state index in [-0.39, 0.29) is 23.5 Å². The molecule has 0 atom stereocenters. The number of likely N-dealkylation sites (tertiary alicyclic amines) is 1. The predicted octanol–water partition coefficient (Wildman–Crippen LogP) is 3.41. The standard InChI is InChI=1S/C23H23FN4O4S/c1-31-19-13-16(22(30)28-10-8-15(9-11-28)21(25)29)4-7-18(19)32-23-26-20(27-33-23)12-14-2-5-17(24)6-3-14/h2-7,13,15H,8-12H2,1H3,(H2,25,29). The molecule has 1 saturated heterocycles. The third-order valence-electron chi connectivity index (χ3n) is 5.52. The third kappa shape index (κ3) is 5.46. The smallest absolute Gasteiger partial charge is 0.298 e. The van der Waals surface area contributed by atoms with E-state index in [0.717, 1.165) is 17.1 Å². The highest BCUT2D eigenvalue weighted by Gasteiger charge is 2.27. The highest BCUT2D eigenvalue weighted by Crippen LogP contribution is 2.34. The van der Waals surface area contributed by atoms with E-state index in [0.29, 0.717) is 60.4 Å². The molecule has 2 N–H and O–H groups in total. The monoisotopic (exact) mass is 470 g/mol. The van der Waals surface area contributed by atoms with Crippen LogP contribution in [0.25, 0.3) is 0 Å². The van der Waals surface area contributed by atoms with E-state index in [9.17, 15) is 14.0 Å². The van der Waals surface area contributed by atoms with Crippen LogP contribution in [0.1, 0.15) is 34.6 Å². The predicted molar refractivity (Wildman–Crippen MR) is 120 cm³/mol. The van der Waals surface area contributed by atoms with E-state index in [4.69, 9.17) is 15.2 Å². The first-order valence-corrected chi connectivity index (χ1v) is 11.2. The van der Waals surface area contributed by atoms with Crippen molar-refractivity contribution in [2.75, 3.05) is 20.2 Å². The summed E-state index contributed by atoms with van der Waals surface area (Å²) in [6, 6.07) is 11.1. The molecular weight excluding hydrogens is 447 g/mol. The van der Waals surface area contributed by atoms with Gasteiger partial charge < -0.3 is 20.1 Å². The van der Waals surface area contributed by atoms with Gasteiger partial charge in [-0.2, -0.15) is 9.36 Å². The van der Waals surface area contributed by atoms with Crippen molar-refractivity contribution in [2.45, 2.75) is 19.3 Å². The van der Waals surface area contributed by atoms with E-state index in [1.165, 1.54) is 19.2 Å². The molecule has 10 heteroatoms. The maximum Gasteiger partial charge on any atom is 0.298 e. The fraction of sp³-hybridized carbons (Fsp3) is 0.304. The molecule has 4 rings (SSSR count). The first-order chi connectivity index (χ1) is 15.9. The van der Waals surface area contributed by atoms with Gasteiger partial charge in [-0.1, -0.05) is 12.1 Å². The van der Waals surface area contributed by atoms with Crippen LogP contribution in [0, 0.1) is 11.7 Å². The van der Waals surface area contributed by atoms with E-state index >= 15 is 0 Å². The summed E-state index contributed by atoms with van der Waals surface area (Å²) in [5.74, 6) is 0.432. The molecule has 1 aliphatic rings. The zero-order valence-electron chi connectivity index (χ0n) is 18.0. The highest BCUT2D eigenvalue weighted by atomic mass is 32.1. The lowest BCUT2D eigenvalue weighted by Crippen LogP contribution is -2.41. The van der Waals surface area contributed by atoms with E-state index in [2.05, 4.69) is 9.36 Å². The van der Waals surface area contributed by atoms with Gasteiger partial charge in [-0.15, -0.1) is 0 Å². The summed E-state index contributed by atoms with van der Waals surface area (Å²) in [7, 11) is 1.49. The Morgan fingerprint density at radius 1 is 1.15 bits per heavy atom. The Labute approximate surface area is 194 Å². The molecule has 0 saturated carbocycles. The van der Waals surface area contributed by atoms with Crippen LogP contribution in [-0.2, 0) is 11.2 Å². The van der Waals surface area contributed by atoms with Gasteiger partial charge in [0.2, 0.25) is 5.91 Å². The van der Waals surface area contributed by atoms with E-state index in [1.807, 2.05) is 0 Å². The molecular formula is C23H23FN4O4S. The first kappa shape index (κ1) is 22.7. The number of carbonyl (C=O) groups excluding carboxylic acids is 2. The number of nitrogens with two attached hydrogens (primary N) is 1. The van der Waals surface area contributed by atoms with Gasteiger partial charge in [-0.25, -0.2) is 4.39 Å². The molecule has 1 fully saturated rings. The summed E-state index contributed by atoms with van der Waals surface area (Å²) in [5.41, 5.74) is 6.72. The minimum Gasteiger partial charge on any atom is -0.493 e. The number of methoxy groups -OCH3 is 1. The summed E-state index contributed by atoms with van der Waals surface area (Å²) in [4.78, 5) is 30.3. The number of nitrogens with zero attached hydrogens (tertiary/aromatic N) is 3. The number of primary amides is 1. The fourth-order valence-electron chi connectivity index (χ4n) is 3.66. The number of ether oxygens (including phenoxy) is 2. The number of rotatable bonds is 7. The topological polar surface area (TPSA) is 108 Å². The molecule has 0 bridgehead atoms. The number of aromatic nitrogens is 2. The van der Waals surface area contributed by atoms with Gasteiger partial charge in [0.1, 0.15) is 5.82 Å². The van der Waals surface area contributed by atoms with Gasteiger partial charge in [0.05, 0.1) is 7.11 Å². The zero-order chi connectivity index (χ0) is 23.4. The van der Waals surface area contributed by atoms with Crippen molar-refractivity contribution >= 4 is 23.3 Å². The molecule has 3 aromatic rings. The zero-order valence-corrected chi connectivity index (χ0v) is 18.8. The first-order valence-electron chi connectivity index (χ1n) is 10.4. The highest BCUT2D eigenvalue weighted by molar-refractivity contribution is 7.07. The molecule has 0 spiro atoms. The van der Waals surface area contributed by atoms with Crippen LogP contribution in [0.2, 0.25) is 0 Å². The largest absolute Gasteiger partial charge is 0.493 e. The van der Waals surface area contributed by atoms with Gasteiger partial charge in [0.25, 0.3) is 11.1 Å². The van der Waals surface area contributed by atoms with Crippen LogP contribution in [0.5, 0.6) is 16.7 Å². The number of hydrogen-bond donors (Lipinski definition) is 1. The van der Waals surface area contributed by atoms with Crippen molar-refractivity contribution in [3.63, 3.8) is 0 Å². The normalized spacial score (nSPS) is 14.2. The average Bonchev–Trinajstić information content (AvgIpc) is 3.27. The summed E-state index contributed by atoms with van der Waals surface area (Å²) in [5, 5.41) is 0.331. The molecule has 0 aliphatic carbocycles. The SMILES string of the molecule is COc1cc(C(=O)N2CCC(C(N)=O)CC2)ccc1Oc1nc(Cc2ccc(F)cc2)ns1. The quantitative estimate of drug-likeness (QED) is 0.567. The van der Waals surface area contributed by atoms with Crippen molar-refractivity contribution in [3.8, 4) is 16.7 Å². The molecule has 33 heavy (non-hydrogen) atoms. The Morgan fingerprint density at radius 3 is 2.55 bits per heavy atom. The summed E-state index contributed by atoms with van der Waals surface area (Å²) < 4.78 is 28.6. The van der Waals surface area contributed by atoms with E-state index < -0.39 is 0 Å². The van der Waals surface area contributed by atoms with Crippen LogP contribution in [0.4, 0.5) is 4.39 Å². The molecule has 2 aromatic carbocycles. The Morgan fingerprint density at radius 2 is 1.88 bits per heavy atom.